The van der Waals surface area contributed by atoms with Gasteiger partial charge in [-0.15, -0.1) is 0 Å². The summed E-state index contributed by atoms with van der Waals surface area (Å²) in [6.45, 7) is 8.73. The molecule has 0 saturated carbocycles. The number of ether oxygens (including phenoxy) is 1. The van der Waals surface area contributed by atoms with Crippen molar-refractivity contribution in [3.8, 4) is 5.75 Å². The zero-order valence-corrected chi connectivity index (χ0v) is 11.1. The van der Waals surface area contributed by atoms with Crippen LogP contribution in [-0.2, 0) is 5.41 Å². The van der Waals surface area contributed by atoms with E-state index in [1.807, 2.05) is 0 Å². The first-order valence-corrected chi connectivity index (χ1v) is 6.58. The lowest BCUT2D eigenvalue weighted by Crippen LogP contribution is -2.37. The van der Waals surface area contributed by atoms with E-state index in [0.29, 0.717) is 5.41 Å². The van der Waals surface area contributed by atoms with Crippen LogP contribution in [0.4, 0.5) is 0 Å². The molecule has 0 unspecified atom stereocenters. The monoisotopic (exact) mass is 233 g/mol. The Balaban J connectivity index is 2.11. The molecule has 2 nitrogen and oxygen atoms in total. The summed E-state index contributed by atoms with van der Waals surface area (Å²) in [6.07, 6.45) is 2.68. The number of hydrogen-bond acceptors (Lipinski definition) is 2. The summed E-state index contributed by atoms with van der Waals surface area (Å²) in [5, 5.41) is 3.42. The fourth-order valence-electron chi connectivity index (χ4n) is 2.48. The molecule has 1 aliphatic heterocycles. The predicted molar refractivity (Wildman–Crippen MR) is 71.7 cm³/mol. The van der Waals surface area contributed by atoms with E-state index < -0.39 is 0 Å². The zero-order valence-electron chi connectivity index (χ0n) is 11.1. The Morgan fingerprint density at radius 2 is 1.71 bits per heavy atom. The van der Waals surface area contributed by atoms with Gasteiger partial charge in [-0.05, 0) is 62.9 Å². The molecule has 1 saturated heterocycles. The van der Waals surface area contributed by atoms with Crippen LogP contribution < -0.4 is 10.1 Å². The molecule has 1 aliphatic rings. The number of nitrogens with one attached hydrogen (secondary N) is 1. The molecule has 1 aromatic rings. The molecule has 0 spiro atoms. The molecule has 0 aromatic heterocycles. The lowest BCUT2D eigenvalue weighted by molar-refractivity contribution is 0.242. The summed E-state index contributed by atoms with van der Waals surface area (Å²) in [6, 6.07) is 8.65. The Bertz CT molecular complexity index is 350. The van der Waals surface area contributed by atoms with Gasteiger partial charge in [0.2, 0.25) is 0 Å². The molecule has 17 heavy (non-hydrogen) atoms. The van der Waals surface area contributed by atoms with Crippen LogP contribution in [-0.4, -0.2) is 19.2 Å². The number of rotatable bonds is 3. The van der Waals surface area contributed by atoms with Crippen molar-refractivity contribution < 1.29 is 4.74 Å². The van der Waals surface area contributed by atoms with E-state index in [-0.39, 0.29) is 6.10 Å². The van der Waals surface area contributed by atoms with E-state index in [4.69, 9.17) is 4.74 Å². The Labute approximate surface area is 104 Å². The van der Waals surface area contributed by atoms with Crippen LogP contribution in [0.5, 0.6) is 5.75 Å². The standard InChI is InChI=1S/C15H23NO/c1-12(2)17-14-6-4-13(5-7-14)15(3)8-10-16-11-9-15/h4-7,12,16H,8-11H2,1-3H3. The number of hydrogen-bond donors (Lipinski definition) is 1. The molecule has 2 rings (SSSR count). The van der Waals surface area contributed by atoms with Gasteiger partial charge in [0, 0.05) is 0 Å². The second kappa shape index (κ2) is 5.09. The number of piperidine rings is 1. The van der Waals surface area contributed by atoms with Crippen molar-refractivity contribution in [2.75, 3.05) is 13.1 Å². The minimum Gasteiger partial charge on any atom is -0.491 e. The van der Waals surface area contributed by atoms with Gasteiger partial charge in [0.1, 0.15) is 5.75 Å². The summed E-state index contributed by atoms with van der Waals surface area (Å²) in [7, 11) is 0. The third-order valence-electron chi connectivity index (χ3n) is 3.63. The van der Waals surface area contributed by atoms with Gasteiger partial charge in [-0.3, -0.25) is 0 Å². The lowest BCUT2D eigenvalue weighted by atomic mass is 9.75. The maximum absolute atomic E-state index is 5.68. The van der Waals surface area contributed by atoms with Crippen LogP contribution >= 0.6 is 0 Å². The highest BCUT2D eigenvalue weighted by molar-refractivity contribution is 5.32. The second-order valence-corrected chi connectivity index (χ2v) is 5.50. The molecule has 1 heterocycles. The SMILES string of the molecule is CC(C)Oc1ccc(C2(C)CCNCC2)cc1. The molecule has 0 amide bonds. The van der Waals surface area contributed by atoms with Crippen molar-refractivity contribution in [1.82, 2.24) is 5.32 Å². The van der Waals surface area contributed by atoms with Crippen LogP contribution in [0.15, 0.2) is 24.3 Å². The van der Waals surface area contributed by atoms with Crippen molar-refractivity contribution in [3.05, 3.63) is 29.8 Å². The van der Waals surface area contributed by atoms with E-state index in [0.717, 1.165) is 18.8 Å². The zero-order chi connectivity index (χ0) is 12.3. The summed E-state index contributed by atoms with van der Waals surface area (Å²) < 4.78 is 5.68. The fourth-order valence-corrected chi connectivity index (χ4v) is 2.48. The predicted octanol–water partition coefficient (Wildman–Crippen LogP) is 3.11. The van der Waals surface area contributed by atoms with E-state index >= 15 is 0 Å². The van der Waals surface area contributed by atoms with Gasteiger partial charge in [0.15, 0.2) is 0 Å². The highest BCUT2D eigenvalue weighted by Crippen LogP contribution is 2.33. The van der Waals surface area contributed by atoms with Crippen molar-refractivity contribution in [1.29, 1.82) is 0 Å². The molecule has 2 heteroatoms. The van der Waals surface area contributed by atoms with E-state index in [1.165, 1.54) is 18.4 Å². The summed E-state index contributed by atoms with van der Waals surface area (Å²) in [5.41, 5.74) is 1.77. The van der Waals surface area contributed by atoms with Crippen molar-refractivity contribution in [2.24, 2.45) is 0 Å². The third kappa shape index (κ3) is 3.01. The van der Waals surface area contributed by atoms with Gasteiger partial charge in [0.05, 0.1) is 6.10 Å². The fraction of sp³-hybridized carbons (Fsp3) is 0.600. The first kappa shape index (κ1) is 12.4. The molecule has 0 bridgehead atoms. The molecular formula is C15H23NO. The minimum atomic E-state index is 0.246. The highest BCUT2D eigenvalue weighted by Gasteiger charge is 2.28. The van der Waals surface area contributed by atoms with Crippen molar-refractivity contribution in [2.45, 2.75) is 45.1 Å². The lowest BCUT2D eigenvalue weighted by Gasteiger charge is -2.34. The Morgan fingerprint density at radius 3 is 2.24 bits per heavy atom. The van der Waals surface area contributed by atoms with Crippen molar-refractivity contribution in [3.63, 3.8) is 0 Å². The first-order chi connectivity index (χ1) is 8.10. The Morgan fingerprint density at radius 1 is 1.12 bits per heavy atom. The van der Waals surface area contributed by atoms with Gasteiger partial charge >= 0.3 is 0 Å². The maximum atomic E-state index is 5.68. The van der Waals surface area contributed by atoms with Crippen LogP contribution in [0.2, 0.25) is 0 Å². The van der Waals surface area contributed by atoms with Crippen LogP contribution in [0.1, 0.15) is 39.2 Å². The van der Waals surface area contributed by atoms with Gasteiger partial charge < -0.3 is 10.1 Å². The van der Waals surface area contributed by atoms with Crippen LogP contribution in [0.3, 0.4) is 0 Å². The first-order valence-electron chi connectivity index (χ1n) is 6.58. The molecule has 1 N–H and O–H groups in total. The molecule has 1 aromatic carbocycles. The molecule has 0 atom stereocenters. The van der Waals surface area contributed by atoms with Gasteiger partial charge in [-0.25, -0.2) is 0 Å². The molecule has 1 fully saturated rings. The average Bonchev–Trinajstić information content (AvgIpc) is 2.30. The summed E-state index contributed by atoms with van der Waals surface area (Å²) in [4.78, 5) is 0. The van der Waals surface area contributed by atoms with Gasteiger partial charge in [-0.1, -0.05) is 19.1 Å². The Hall–Kier alpha value is -1.02. The summed E-state index contributed by atoms with van der Waals surface area (Å²) in [5.74, 6) is 0.973. The smallest absolute Gasteiger partial charge is 0.119 e. The van der Waals surface area contributed by atoms with E-state index in [2.05, 4.69) is 50.4 Å². The highest BCUT2D eigenvalue weighted by atomic mass is 16.5. The minimum absolute atomic E-state index is 0.246. The van der Waals surface area contributed by atoms with Gasteiger partial charge in [-0.2, -0.15) is 0 Å². The number of benzene rings is 1. The average molecular weight is 233 g/mol. The Kier molecular flexibility index (Phi) is 3.72. The summed E-state index contributed by atoms with van der Waals surface area (Å²) >= 11 is 0. The van der Waals surface area contributed by atoms with Crippen LogP contribution in [0, 0.1) is 0 Å². The molecule has 0 radical (unpaired) electrons. The molecule has 94 valence electrons. The maximum Gasteiger partial charge on any atom is 0.119 e. The van der Waals surface area contributed by atoms with E-state index in [9.17, 15) is 0 Å². The molecule has 0 aliphatic carbocycles. The molecular weight excluding hydrogens is 210 g/mol. The van der Waals surface area contributed by atoms with E-state index in [1.54, 1.807) is 0 Å². The normalized spacial score (nSPS) is 19.3. The third-order valence-corrected chi connectivity index (χ3v) is 3.63. The quantitative estimate of drug-likeness (QED) is 0.866. The second-order valence-electron chi connectivity index (χ2n) is 5.50. The van der Waals surface area contributed by atoms with Crippen molar-refractivity contribution >= 4 is 0 Å². The topological polar surface area (TPSA) is 21.3 Å². The van der Waals surface area contributed by atoms with Gasteiger partial charge in [0.25, 0.3) is 0 Å². The van der Waals surface area contributed by atoms with Crippen LogP contribution in [0.25, 0.3) is 0 Å². The largest absolute Gasteiger partial charge is 0.491 e.